The molecule has 1 unspecified atom stereocenters. The second kappa shape index (κ2) is 9.42. The molecule has 0 aliphatic rings. The number of hydrogen-bond donors (Lipinski definition) is 1. The summed E-state index contributed by atoms with van der Waals surface area (Å²) in [5.74, 6) is -0.692. The van der Waals surface area contributed by atoms with Gasteiger partial charge in [0.1, 0.15) is 5.75 Å². The van der Waals surface area contributed by atoms with Crippen LogP contribution < -0.4 is 10.1 Å². The molecular formula is C19H21F2NO2S. The monoisotopic (exact) mass is 365 g/mol. The second-order valence-electron chi connectivity index (χ2n) is 5.72. The third-order valence-corrected chi connectivity index (χ3v) is 4.66. The minimum absolute atomic E-state index is 0.0495. The standard InChI is InChI=1S/C19H21F2NO2S/c1-13(6-7-14-8-9-17(20)18(21)10-14)22-19(23)12-25-16-5-3-4-15(11-16)24-2/h3-5,8-11,13H,6-7,12H2,1-2H3,(H,22,23). The Bertz CT molecular complexity index is 724. The van der Waals surface area contributed by atoms with Gasteiger partial charge < -0.3 is 10.1 Å². The van der Waals surface area contributed by atoms with Gasteiger partial charge in [0, 0.05) is 10.9 Å². The molecule has 25 heavy (non-hydrogen) atoms. The number of aryl methyl sites for hydroxylation is 1. The number of carbonyl (C=O) groups is 1. The minimum Gasteiger partial charge on any atom is -0.497 e. The molecule has 0 spiro atoms. The van der Waals surface area contributed by atoms with Gasteiger partial charge in [0.2, 0.25) is 5.91 Å². The molecule has 2 aromatic rings. The predicted molar refractivity (Wildman–Crippen MR) is 96.0 cm³/mol. The fourth-order valence-electron chi connectivity index (χ4n) is 2.31. The highest BCUT2D eigenvalue weighted by molar-refractivity contribution is 8.00. The van der Waals surface area contributed by atoms with Gasteiger partial charge in [-0.3, -0.25) is 4.79 Å². The maximum absolute atomic E-state index is 13.2. The van der Waals surface area contributed by atoms with Gasteiger partial charge in [-0.05, 0) is 55.7 Å². The Morgan fingerprint density at radius 3 is 2.72 bits per heavy atom. The van der Waals surface area contributed by atoms with E-state index in [-0.39, 0.29) is 11.9 Å². The van der Waals surface area contributed by atoms with Gasteiger partial charge in [-0.15, -0.1) is 11.8 Å². The summed E-state index contributed by atoms with van der Waals surface area (Å²) in [6.45, 7) is 1.90. The van der Waals surface area contributed by atoms with E-state index in [4.69, 9.17) is 4.74 Å². The molecule has 0 bridgehead atoms. The van der Waals surface area contributed by atoms with E-state index in [9.17, 15) is 13.6 Å². The van der Waals surface area contributed by atoms with Crippen LogP contribution in [0.5, 0.6) is 5.75 Å². The lowest BCUT2D eigenvalue weighted by Crippen LogP contribution is -2.34. The average molecular weight is 365 g/mol. The smallest absolute Gasteiger partial charge is 0.230 e. The summed E-state index contributed by atoms with van der Waals surface area (Å²) in [4.78, 5) is 13.0. The van der Waals surface area contributed by atoms with Crippen molar-refractivity contribution >= 4 is 17.7 Å². The molecule has 0 saturated heterocycles. The number of rotatable bonds is 8. The van der Waals surface area contributed by atoms with E-state index >= 15 is 0 Å². The number of thioether (sulfide) groups is 1. The molecule has 0 radical (unpaired) electrons. The molecule has 1 amide bonds. The Morgan fingerprint density at radius 1 is 1.20 bits per heavy atom. The van der Waals surface area contributed by atoms with Crippen molar-refractivity contribution in [2.24, 2.45) is 0 Å². The molecule has 1 N–H and O–H groups in total. The lowest BCUT2D eigenvalue weighted by atomic mass is 10.1. The maximum atomic E-state index is 13.2. The van der Waals surface area contributed by atoms with Crippen LogP contribution in [0.15, 0.2) is 47.4 Å². The molecule has 0 aromatic heterocycles. The van der Waals surface area contributed by atoms with E-state index in [1.165, 1.54) is 17.8 Å². The summed E-state index contributed by atoms with van der Waals surface area (Å²) < 4.78 is 31.2. The Balaban J connectivity index is 1.74. The second-order valence-corrected chi connectivity index (χ2v) is 6.77. The van der Waals surface area contributed by atoms with E-state index < -0.39 is 11.6 Å². The summed E-state index contributed by atoms with van der Waals surface area (Å²) in [5, 5.41) is 2.92. The number of ether oxygens (including phenoxy) is 1. The highest BCUT2D eigenvalue weighted by Gasteiger charge is 2.10. The Hall–Kier alpha value is -2.08. The highest BCUT2D eigenvalue weighted by Crippen LogP contribution is 2.22. The highest BCUT2D eigenvalue weighted by atomic mass is 32.2. The third-order valence-electron chi connectivity index (χ3n) is 3.67. The molecule has 2 rings (SSSR count). The molecular weight excluding hydrogens is 344 g/mol. The van der Waals surface area contributed by atoms with Crippen molar-refractivity contribution in [2.45, 2.75) is 30.7 Å². The topological polar surface area (TPSA) is 38.3 Å². The van der Waals surface area contributed by atoms with E-state index in [0.29, 0.717) is 24.2 Å². The molecule has 0 aliphatic heterocycles. The van der Waals surface area contributed by atoms with Crippen molar-refractivity contribution in [3.8, 4) is 5.75 Å². The molecule has 6 heteroatoms. The molecule has 0 heterocycles. The van der Waals surface area contributed by atoms with Crippen LogP contribution in [0.25, 0.3) is 0 Å². The summed E-state index contributed by atoms with van der Waals surface area (Å²) in [6.07, 6.45) is 1.22. The third kappa shape index (κ3) is 6.38. The van der Waals surface area contributed by atoms with Gasteiger partial charge in [0.15, 0.2) is 11.6 Å². The van der Waals surface area contributed by atoms with E-state index in [2.05, 4.69) is 5.32 Å². The van der Waals surface area contributed by atoms with Gasteiger partial charge in [-0.1, -0.05) is 12.1 Å². The zero-order chi connectivity index (χ0) is 18.2. The number of carbonyl (C=O) groups excluding carboxylic acids is 1. The zero-order valence-corrected chi connectivity index (χ0v) is 15.0. The normalized spacial score (nSPS) is 11.8. The van der Waals surface area contributed by atoms with Crippen molar-refractivity contribution in [3.05, 3.63) is 59.7 Å². The number of amides is 1. The van der Waals surface area contributed by atoms with E-state index in [0.717, 1.165) is 16.7 Å². The lowest BCUT2D eigenvalue weighted by molar-refractivity contribution is -0.119. The molecule has 0 fully saturated rings. The van der Waals surface area contributed by atoms with Crippen LogP contribution in [0.2, 0.25) is 0 Å². The molecule has 134 valence electrons. The molecule has 0 aliphatic carbocycles. The fraction of sp³-hybridized carbons (Fsp3) is 0.316. The zero-order valence-electron chi connectivity index (χ0n) is 14.2. The Morgan fingerprint density at radius 2 is 2.00 bits per heavy atom. The van der Waals surface area contributed by atoms with Gasteiger partial charge >= 0.3 is 0 Å². The number of halogens is 2. The van der Waals surface area contributed by atoms with Crippen molar-refractivity contribution in [1.29, 1.82) is 0 Å². The van der Waals surface area contributed by atoms with E-state index in [1.54, 1.807) is 13.2 Å². The van der Waals surface area contributed by atoms with Gasteiger partial charge in [-0.25, -0.2) is 8.78 Å². The molecule has 0 saturated carbocycles. The Kier molecular flexibility index (Phi) is 7.25. The van der Waals surface area contributed by atoms with Crippen LogP contribution in [0.1, 0.15) is 18.9 Å². The quantitative estimate of drug-likeness (QED) is 0.713. The Labute approximate surface area is 150 Å². The molecule has 3 nitrogen and oxygen atoms in total. The fourth-order valence-corrected chi connectivity index (χ4v) is 3.06. The van der Waals surface area contributed by atoms with Crippen LogP contribution in [0.4, 0.5) is 8.78 Å². The van der Waals surface area contributed by atoms with E-state index in [1.807, 2.05) is 31.2 Å². The average Bonchev–Trinajstić information content (AvgIpc) is 2.61. The summed E-state index contributed by atoms with van der Waals surface area (Å²) >= 11 is 1.43. The van der Waals surface area contributed by atoms with Crippen molar-refractivity contribution in [2.75, 3.05) is 12.9 Å². The first-order valence-corrected chi connectivity index (χ1v) is 8.96. The number of hydrogen-bond acceptors (Lipinski definition) is 3. The predicted octanol–water partition coefficient (Wildman–Crippen LogP) is 4.20. The largest absolute Gasteiger partial charge is 0.497 e. The van der Waals surface area contributed by atoms with Gasteiger partial charge in [0.25, 0.3) is 0 Å². The summed E-state index contributed by atoms with van der Waals surface area (Å²) in [7, 11) is 1.60. The van der Waals surface area contributed by atoms with Crippen molar-refractivity contribution < 1.29 is 18.3 Å². The minimum atomic E-state index is -0.848. The van der Waals surface area contributed by atoms with Crippen LogP contribution in [0.3, 0.4) is 0 Å². The first-order valence-electron chi connectivity index (χ1n) is 7.98. The van der Waals surface area contributed by atoms with Crippen LogP contribution in [-0.4, -0.2) is 24.8 Å². The lowest BCUT2D eigenvalue weighted by Gasteiger charge is -2.14. The number of benzene rings is 2. The SMILES string of the molecule is COc1cccc(SCC(=O)NC(C)CCc2ccc(F)c(F)c2)c1. The van der Waals surface area contributed by atoms with Crippen LogP contribution in [-0.2, 0) is 11.2 Å². The van der Waals surface area contributed by atoms with Crippen molar-refractivity contribution in [3.63, 3.8) is 0 Å². The summed E-state index contributed by atoms with van der Waals surface area (Å²) in [5.41, 5.74) is 0.714. The van der Waals surface area contributed by atoms with Gasteiger partial charge in [0.05, 0.1) is 12.9 Å². The van der Waals surface area contributed by atoms with Crippen LogP contribution in [0, 0.1) is 11.6 Å². The van der Waals surface area contributed by atoms with Crippen LogP contribution >= 0.6 is 11.8 Å². The first-order chi connectivity index (χ1) is 12.0. The summed E-state index contributed by atoms with van der Waals surface area (Å²) in [6, 6.07) is 11.4. The molecule has 2 aromatic carbocycles. The first kappa shape index (κ1) is 19.2. The number of nitrogens with one attached hydrogen (secondary N) is 1. The maximum Gasteiger partial charge on any atom is 0.230 e. The molecule has 1 atom stereocenters. The number of methoxy groups -OCH3 is 1. The van der Waals surface area contributed by atoms with Gasteiger partial charge in [-0.2, -0.15) is 0 Å². The van der Waals surface area contributed by atoms with Crippen molar-refractivity contribution in [1.82, 2.24) is 5.32 Å².